The number of halogens is 3. The van der Waals surface area contributed by atoms with Gasteiger partial charge >= 0.3 is 6.18 Å². The number of alkyl halides is 3. The molecule has 2 fully saturated rings. The number of aromatic nitrogens is 1. The average molecular weight is 321 g/mol. The number of morpholine rings is 1. The molecule has 0 amide bonds. The van der Waals surface area contributed by atoms with Crippen LogP contribution in [0.2, 0.25) is 0 Å². The zero-order chi connectivity index (χ0) is 14.9. The topological polar surface area (TPSA) is 28.6 Å². The van der Waals surface area contributed by atoms with E-state index in [9.17, 15) is 13.2 Å². The second-order valence-corrected chi connectivity index (χ2v) is 6.22. The Morgan fingerprint density at radius 3 is 2.38 bits per heavy atom. The number of ether oxygens (including phenoxy) is 1. The molecule has 1 aromatic heterocycles. The highest BCUT2D eigenvalue weighted by molar-refractivity contribution is 7.13. The lowest BCUT2D eigenvalue weighted by molar-refractivity contribution is -0.140. The molecule has 0 unspecified atom stereocenters. The molecule has 0 saturated carbocycles. The molecule has 4 nitrogen and oxygen atoms in total. The van der Waals surface area contributed by atoms with E-state index in [1.807, 2.05) is 4.90 Å². The monoisotopic (exact) mass is 321 g/mol. The van der Waals surface area contributed by atoms with Gasteiger partial charge in [0.25, 0.3) is 0 Å². The molecule has 1 aromatic rings. The zero-order valence-electron chi connectivity index (χ0n) is 11.6. The third-order valence-corrected chi connectivity index (χ3v) is 4.98. The van der Waals surface area contributed by atoms with Gasteiger partial charge in [0.05, 0.1) is 13.2 Å². The van der Waals surface area contributed by atoms with Crippen LogP contribution < -0.4 is 4.90 Å². The highest BCUT2D eigenvalue weighted by atomic mass is 32.1. The van der Waals surface area contributed by atoms with Crippen molar-refractivity contribution in [3.63, 3.8) is 0 Å². The van der Waals surface area contributed by atoms with Gasteiger partial charge < -0.3 is 9.64 Å². The van der Waals surface area contributed by atoms with Crippen molar-refractivity contribution in [2.75, 3.05) is 44.3 Å². The van der Waals surface area contributed by atoms with Crippen molar-refractivity contribution in [3.05, 3.63) is 11.1 Å². The summed E-state index contributed by atoms with van der Waals surface area (Å²) in [5.41, 5.74) is -0.780. The highest BCUT2D eigenvalue weighted by Gasteiger charge is 2.35. The second-order valence-electron chi connectivity index (χ2n) is 5.38. The van der Waals surface area contributed by atoms with Crippen LogP contribution in [0.25, 0.3) is 0 Å². The molecule has 118 valence electrons. The minimum Gasteiger partial charge on any atom is -0.379 e. The molecule has 0 spiro atoms. The lowest BCUT2D eigenvalue weighted by Gasteiger charge is -2.40. The summed E-state index contributed by atoms with van der Waals surface area (Å²) in [6, 6.07) is 0.521. The second kappa shape index (κ2) is 6.10. The third kappa shape index (κ3) is 3.49. The predicted octanol–water partition coefficient (Wildman–Crippen LogP) is 2.46. The minimum atomic E-state index is -4.35. The van der Waals surface area contributed by atoms with Crippen LogP contribution in [0.1, 0.15) is 18.5 Å². The largest absolute Gasteiger partial charge is 0.434 e. The van der Waals surface area contributed by atoms with Gasteiger partial charge in [-0.15, -0.1) is 11.3 Å². The molecule has 0 bridgehead atoms. The van der Waals surface area contributed by atoms with E-state index in [1.165, 1.54) is 0 Å². The summed E-state index contributed by atoms with van der Waals surface area (Å²) in [5.74, 6) is 0. The maximum Gasteiger partial charge on any atom is 0.434 e. The molecule has 2 aliphatic heterocycles. The van der Waals surface area contributed by atoms with E-state index < -0.39 is 11.9 Å². The first-order valence-electron chi connectivity index (χ1n) is 7.13. The van der Waals surface area contributed by atoms with Crippen molar-refractivity contribution in [2.45, 2.75) is 25.1 Å². The standard InChI is InChI=1S/C13H18F3N3OS/c14-13(15,16)11-9-21-12(17-11)19-3-1-10(2-4-19)18-5-7-20-8-6-18/h9-10H,1-8H2. The number of anilines is 1. The maximum absolute atomic E-state index is 12.6. The van der Waals surface area contributed by atoms with Crippen molar-refractivity contribution in [1.82, 2.24) is 9.88 Å². The molecule has 0 radical (unpaired) electrons. The van der Waals surface area contributed by atoms with E-state index in [0.29, 0.717) is 11.2 Å². The predicted molar refractivity (Wildman–Crippen MR) is 74.7 cm³/mol. The normalized spacial score (nSPS) is 22.7. The van der Waals surface area contributed by atoms with Crippen LogP contribution in [0.4, 0.5) is 18.3 Å². The van der Waals surface area contributed by atoms with E-state index in [-0.39, 0.29) is 0 Å². The number of hydrogen-bond acceptors (Lipinski definition) is 5. The molecule has 3 rings (SSSR count). The Morgan fingerprint density at radius 1 is 1.14 bits per heavy atom. The average Bonchev–Trinajstić information content (AvgIpc) is 2.98. The van der Waals surface area contributed by atoms with Gasteiger partial charge in [0.2, 0.25) is 0 Å². The Morgan fingerprint density at radius 2 is 1.81 bits per heavy atom. The van der Waals surface area contributed by atoms with Crippen molar-refractivity contribution < 1.29 is 17.9 Å². The Balaban J connectivity index is 1.56. The molecule has 0 aliphatic carbocycles. The summed E-state index contributed by atoms with van der Waals surface area (Å²) in [6.45, 7) is 5.02. The molecule has 3 heterocycles. The number of thiazole rings is 1. The van der Waals surface area contributed by atoms with Gasteiger partial charge in [-0.2, -0.15) is 13.2 Å². The molecule has 0 aromatic carbocycles. The molecule has 2 aliphatic rings. The van der Waals surface area contributed by atoms with Crippen LogP contribution in [0.15, 0.2) is 5.38 Å². The molecule has 0 atom stereocenters. The first kappa shape index (κ1) is 15.1. The van der Waals surface area contributed by atoms with Crippen LogP contribution in [-0.4, -0.2) is 55.3 Å². The summed E-state index contributed by atoms with van der Waals surface area (Å²) in [7, 11) is 0. The number of nitrogens with zero attached hydrogens (tertiary/aromatic N) is 3. The molecule has 8 heteroatoms. The zero-order valence-corrected chi connectivity index (χ0v) is 12.4. The van der Waals surface area contributed by atoms with Crippen molar-refractivity contribution in [1.29, 1.82) is 0 Å². The van der Waals surface area contributed by atoms with E-state index in [4.69, 9.17) is 4.74 Å². The molecular formula is C13H18F3N3OS. The lowest BCUT2D eigenvalue weighted by Crippen LogP contribution is -2.49. The molecular weight excluding hydrogens is 303 g/mol. The van der Waals surface area contributed by atoms with Crippen LogP contribution in [-0.2, 0) is 10.9 Å². The van der Waals surface area contributed by atoms with E-state index in [0.717, 1.165) is 69.0 Å². The van der Waals surface area contributed by atoms with Crippen LogP contribution in [0.5, 0.6) is 0 Å². The van der Waals surface area contributed by atoms with Crippen molar-refractivity contribution >= 4 is 16.5 Å². The molecule has 0 N–H and O–H groups in total. The fourth-order valence-corrected chi connectivity index (χ4v) is 3.79. The van der Waals surface area contributed by atoms with E-state index >= 15 is 0 Å². The van der Waals surface area contributed by atoms with Crippen LogP contribution in [0, 0.1) is 0 Å². The molecule has 2 saturated heterocycles. The minimum absolute atomic E-state index is 0.489. The van der Waals surface area contributed by atoms with Crippen LogP contribution >= 0.6 is 11.3 Å². The number of piperidine rings is 1. The van der Waals surface area contributed by atoms with Gasteiger partial charge in [-0.25, -0.2) is 4.98 Å². The van der Waals surface area contributed by atoms with Gasteiger partial charge in [0.15, 0.2) is 10.8 Å². The van der Waals surface area contributed by atoms with Gasteiger partial charge in [0.1, 0.15) is 0 Å². The van der Waals surface area contributed by atoms with Gasteiger partial charge in [-0.3, -0.25) is 4.90 Å². The highest BCUT2D eigenvalue weighted by Crippen LogP contribution is 2.34. The fourth-order valence-electron chi connectivity index (χ4n) is 2.90. The first-order chi connectivity index (χ1) is 10.0. The Bertz CT molecular complexity index is 465. The van der Waals surface area contributed by atoms with Gasteiger partial charge in [-0.1, -0.05) is 0 Å². The summed E-state index contributed by atoms with van der Waals surface area (Å²) in [4.78, 5) is 8.13. The lowest BCUT2D eigenvalue weighted by atomic mass is 10.0. The quantitative estimate of drug-likeness (QED) is 0.837. The molecule has 21 heavy (non-hydrogen) atoms. The fraction of sp³-hybridized carbons (Fsp3) is 0.769. The Kier molecular flexibility index (Phi) is 4.37. The first-order valence-corrected chi connectivity index (χ1v) is 8.01. The SMILES string of the molecule is FC(F)(F)c1csc(N2CCC(N3CCOCC3)CC2)n1. The smallest absolute Gasteiger partial charge is 0.379 e. The van der Waals surface area contributed by atoms with Crippen molar-refractivity contribution in [3.8, 4) is 0 Å². The van der Waals surface area contributed by atoms with Gasteiger partial charge in [-0.05, 0) is 12.8 Å². The van der Waals surface area contributed by atoms with Crippen molar-refractivity contribution in [2.24, 2.45) is 0 Å². The number of rotatable bonds is 2. The Hall–Kier alpha value is -0.860. The third-order valence-electron chi connectivity index (χ3n) is 4.08. The van der Waals surface area contributed by atoms with E-state index in [1.54, 1.807) is 0 Å². The summed E-state index contributed by atoms with van der Waals surface area (Å²) >= 11 is 1.08. The Labute approximate surface area is 125 Å². The number of hydrogen-bond donors (Lipinski definition) is 0. The van der Waals surface area contributed by atoms with Gasteiger partial charge in [0, 0.05) is 37.6 Å². The maximum atomic E-state index is 12.6. The summed E-state index contributed by atoms with van der Waals surface area (Å²) < 4.78 is 43.1. The van der Waals surface area contributed by atoms with Crippen LogP contribution in [0.3, 0.4) is 0 Å². The summed E-state index contributed by atoms with van der Waals surface area (Å²) in [6.07, 6.45) is -2.40. The van der Waals surface area contributed by atoms with E-state index in [2.05, 4.69) is 9.88 Å². The summed E-state index contributed by atoms with van der Waals surface area (Å²) in [5, 5.41) is 1.59.